The Bertz CT molecular complexity index is 3130. The summed E-state index contributed by atoms with van der Waals surface area (Å²) in [6, 6.07) is 64.0. The van der Waals surface area contributed by atoms with E-state index in [1.165, 1.54) is 95.0 Å². The number of hydrogen-bond donors (Lipinski definition) is 0. The van der Waals surface area contributed by atoms with Crippen molar-refractivity contribution in [3.8, 4) is 33.4 Å². The first-order chi connectivity index (χ1) is 29.8. The van der Waals surface area contributed by atoms with Gasteiger partial charge in [-0.2, -0.15) is 0 Å². The van der Waals surface area contributed by atoms with Crippen molar-refractivity contribution in [2.45, 2.75) is 77.0 Å². The zero-order chi connectivity index (χ0) is 42.5. The van der Waals surface area contributed by atoms with E-state index in [2.05, 4.69) is 235 Å². The number of hydrogen-bond acceptors (Lipinski definition) is 2. The molecule has 302 valence electrons. The van der Waals surface area contributed by atoms with Crippen LogP contribution in [-0.2, 0) is 21.7 Å². The largest absolute Gasteiger partial charge is 0.311 e. The van der Waals surface area contributed by atoms with Crippen LogP contribution in [0.1, 0.15) is 99.9 Å². The predicted molar refractivity (Wildman–Crippen MR) is 261 cm³/mol. The summed E-state index contributed by atoms with van der Waals surface area (Å²) in [5, 5.41) is 0. The Kier molecular flexibility index (Phi) is 7.48. The van der Waals surface area contributed by atoms with Gasteiger partial charge in [-0.1, -0.05) is 159 Å². The van der Waals surface area contributed by atoms with Crippen LogP contribution in [0.3, 0.4) is 0 Å². The number of benzene rings is 8. The second-order valence-electron chi connectivity index (χ2n) is 20.2. The molecular weight excluding hydrogens is 749 g/mol. The average molecular weight is 801 g/mol. The van der Waals surface area contributed by atoms with Crippen LogP contribution in [0.2, 0.25) is 0 Å². The maximum Gasteiger partial charge on any atom is 0.0544 e. The van der Waals surface area contributed by atoms with Gasteiger partial charge in [0.25, 0.3) is 0 Å². The Balaban J connectivity index is 1.05. The minimum absolute atomic E-state index is 0.0653. The number of para-hydroxylation sites is 3. The topological polar surface area (TPSA) is 6.48 Å². The standard InChI is InChI=1S/C60H52N2/c1-57(2)46-23-16-15-22-44(46)45-31-28-38(32-49(45)57)40-35-51-56-53(36-40)60(7,8)52-34-39(33-50-55(52)62(56)54-47(58(50,3)4)24-17-25-48(54)59(51,5)6)37-26-29-43(30-27-37)61(41-18-11-9-12-19-41)42-20-13-10-14-21-42/h9-36H,1-8H3. The van der Waals surface area contributed by atoms with Crippen molar-refractivity contribution in [1.82, 2.24) is 0 Å². The Morgan fingerprint density at radius 2 is 0.661 bits per heavy atom. The predicted octanol–water partition coefficient (Wildman–Crippen LogP) is 16.2. The molecule has 0 spiro atoms. The molecule has 3 aliphatic heterocycles. The molecule has 8 aromatic carbocycles. The minimum atomic E-state index is -0.282. The molecule has 0 amide bonds. The van der Waals surface area contributed by atoms with Gasteiger partial charge < -0.3 is 9.80 Å². The molecule has 0 aromatic heterocycles. The minimum Gasteiger partial charge on any atom is -0.311 e. The summed E-state index contributed by atoms with van der Waals surface area (Å²) in [4.78, 5) is 5.03. The molecule has 0 N–H and O–H groups in total. The number of fused-ring (bicyclic) bond motifs is 3. The van der Waals surface area contributed by atoms with Crippen LogP contribution >= 0.6 is 0 Å². The fraction of sp³-hybridized carbons (Fsp3) is 0.200. The Hall–Kier alpha value is -6.64. The molecule has 2 nitrogen and oxygen atoms in total. The lowest BCUT2D eigenvalue weighted by Gasteiger charge is -2.55. The van der Waals surface area contributed by atoms with Crippen molar-refractivity contribution in [2.75, 3.05) is 9.80 Å². The van der Waals surface area contributed by atoms with E-state index in [0.29, 0.717) is 0 Å². The summed E-state index contributed by atoms with van der Waals surface area (Å²) in [7, 11) is 0. The second-order valence-corrected chi connectivity index (χ2v) is 20.2. The van der Waals surface area contributed by atoms with Gasteiger partial charge in [-0.3, -0.25) is 0 Å². The van der Waals surface area contributed by atoms with Crippen LogP contribution in [-0.4, -0.2) is 0 Å². The molecule has 2 heteroatoms. The fourth-order valence-corrected chi connectivity index (χ4v) is 11.8. The van der Waals surface area contributed by atoms with Gasteiger partial charge in [0.2, 0.25) is 0 Å². The quantitative estimate of drug-likeness (QED) is 0.171. The van der Waals surface area contributed by atoms with E-state index < -0.39 is 0 Å². The van der Waals surface area contributed by atoms with Crippen molar-refractivity contribution in [3.05, 3.63) is 214 Å². The first kappa shape index (κ1) is 37.1. The van der Waals surface area contributed by atoms with Crippen molar-refractivity contribution < 1.29 is 0 Å². The molecule has 0 unspecified atom stereocenters. The lowest BCUT2D eigenvalue weighted by Crippen LogP contribution is -2.43. The van der Waals surface area contributed by atoms with Crippen molar-refractivity contribution in [2.24, 2.45) is 0 Å². The van der Waals surface area contributed by atoms with E-state index in [-0.39, 0.29) is 21.7 Å². The van der Waals surface area contributed by atoms with E-state index in [0.717, 1.165) is 17.1 Å². The van der Waals surface area contributed by atoms with Crippen LogP contribution in [0.5, 0.6) is 0 Å². The highest BCUT2D eigenvalue weighted by molar-refractivity contribution is 6.00. The molecule has 62 heavy (non-hydrogen) atoms. The van der Waals surface area contributed by atoms with E-state index in [1.54, 1.807) is 0 Å². The van der Waals surface area contributed by atoms with Crippen molar-refractivity contribution >= 4 is 34.1 Å². The van der Waals surface area contributed by atoms with Crippen LogP contribution in [0.4, 0.5) is 34.1 Å². The van der Waals surface area contributed by atoms with E-state index in [4.69, 9.17) is 0 Å². The van der Waals surface area contributed by atoms with Gasteiger partial charge in [-0.25, -0.2) is 0 Å². The Morgan fingerprint density at radius 1 is 0.290 bits per heavy atom. The highest BCUT2D eigenvalue weighted by atomic mass is 15.2. The monoisotopic (exact) mass is 800 g/mol. The second kappa shape index (κ2) is 12.5. The van der Waals surface area contributed by atoms with E-state index in [9.17, 15) is 0 Å². The van der Waals surface area contributed by atoms with Gasteiger partial charge in [-0.15, -0.1) is 0 Å². The molecular formula is C60H52N2. The third-order valence-electron chi connectivity index (χ3n) is 15.4. The first-order valence-corrected chi connectivity index (χ1v) is 22.4. The number of anilines is 6. The lowest BCUT2D eigenvalue weighted by molar-refractivity contribution is 0.567. The summed E-state index contributed by atoms with van der Waals surface area (Å²) in [5.74, 6) is 0. The van der Waals surface area contributed by atoms with E-state index in [1.807, 2.05) is 0 Å². The Morgan fingerprint density at radius 3 is 1.21 bits per heavy atom. The van der Waals surface area contributed by atoms with Gasteiger partial charge >= 0.3 is 0 Å². The maximum absolute atomic E-state index is 2.69. The van der Waals surface area contributed by atoms with Gasteiger partial charge in [0.15, 0.2) is 0 Å². The average Bonchev–Trinajstić information content (AvgIpc) is 3.51. The smallest absolute Gasteiger partial charge is 0.0544 e. The van der Waals surface area contributed by atoms with Gasteiger partial charge in [0.05, 0.1) is 17.1 Å². The highest BCUT2D eigenvalue weighted by Crippen LogP contribution is 2.67. The van der Waals surface area contributed by atoms with Crippen molar-refractivity contribution in [1.29, 1.82) is 0 Å². The lowest BCUT2D eigenvalue weighted by atomic mass is 9.60. The van der Waals surface area contributed by atoms with Crippen LogP contribution < -0.4 is 9.80 Å². The van der Waals surface area contributed by atoms with Gasteiger partial charge in [-0.05, 0) is 145 Å². The Labute approximate surface area is 367 Å². The molecule has 8 aromatic rings. The van der Waals surface area contributed by atoms with Crippen LogP contribution in [0.25, 0.3) is 33.4 Å². The molecule has 0 saturated carbocycles. The number of rotatable bonds is 5. The third kappa shape index (κ3) is 4.87. The zero-order valence-electron chi connectivity index (χ0n) is 37.1. The molecule has 4 aliphatic rings. The number of nitrogens with zero attached hydrogens (tertiary/aromatic N) is 2. The van der Waals surface area contributed by atoms with Gasteiger partial charge in [0, 0.05) is 38.7 Å². The third-order valence-corrected chi connectivity index (χ3v) is 15.4. The molecule has 0 radical (unpaired) electrons. The fourth-order valence-electron chi connectivity index (χ4n) is 11.8. The summed E-state index contributed by atoms with van der Waals surface area (Å²) in [6.45, 7) is 19.5. The summed E-state index contributed by atoms with van der Waals surface area (Å²) >= 11 is 0. The molecule has 0 fully saturated rings. The van der Waals surface area contributed by atoms with Crippen LogP contribution in [0.15, 0.2) is 170 Å². The summed E-state index contributed by atoms with van der Waals surface area (Å²) in [5.41, 5.74) is 25.8. The van der Waals surface area contributed by atoms with E-state index >= 15 is 0 Å². The summed E-state index contributed by atoms with van der Waals surface area (Å²) in [6.07, 6.45) is 0. The molecule has 12 rings (SSSR count). The molecule has 1 aliphatic carbocycles. The van der Waals surface area contributed by atoms with Crippen molar-refractivity contribution in [3.63, 3.8) is 0 Å². The first-order valence-electron chi connectivity index (χ1n) is 22.4. The highest BCUT2D eigenvalue weighted by Gasteiger charge is 2.52. The SMILES string of the molecule is CC1(C)c2ccccc2-c2ccc(-c3cc4c5c(c3)C(C)(C)c3cc(-c6ccc(N(c7ccccc7)c7ccccc7)cc6)cc6c3N5c3c(cccc3C4(C)C)C6(C)C)cc21. The zero-order valence-corrected chi connectivity index (χ0v) is 37.1. The summed E-state index contributed by atoms with van der Waals surface area (Å²) < 4.78 is 0. The van der Waals surface area contributed by atoms with Gasteiger partial charge in [0.1, 0.15) is 0 Å². The van der Waals surface area contributed by atoms with Crippen LogP contribution in [0, 0.1) is 0 Å². The molecule has 0 saturated heterocycles. The molecule has 0 bridgehead atoms. The molecule has 3 heterocycles. The maximum atomic E-state index is 2.69. The molecule has 0 atom stereocenters. The normalized spacial score (nSPS) is 16.9.